The molecule has 2 fully saturated rings. The number of pyridine rings is 1. The number of aromatic nitrogens is 3. The summed E-state index contributed by atoms with van der Waals surface area (Å²) in [7, 11) is 0. The molecule has 1 aromatic carbocycles. The maximum atomic E-state index is 13.1. The highest BCUT2D eigenvalue weighted by Crippen LogP contribution is 2.48. The Morgan fingerprint density at radius 3 is 2.40 bits per heavy atom. The molecule has 2 amide bonds. The summed E-state index contributed by atoms with van der Waals surface area (Å²) < 4.78 is 39.2. The van der Waals surface area contributed by atoms with Crippen LogP contribution in [0, 0.1) is 5.41 Å². The van der Waals surface area contributed by atoms with E-state index < -0.39 is 24.9 Å². The van der Waals surface area contributed by atoms with Crippen molar-refractivity contribution in [3.05, 3.63) is 71.2 Å². The zero-order valence-corrected chi connectivity index (χ0v) is 23.4. The molecule has 2 N–H and O–H groups in total. The summed E-state index contributed by atoms with van der Waals surface area (Å²) in [6.45, 7) is 2.20. The number of benzene rings is 1. The van der Waals surface area contributed by atoms with E-state index in [0.717, 1.165) is 55.5 Å². The number of fused-ring (bicyclic) bond motifs is 1. The van der Waals surface area contributed by atoms with Gasteiger partial charge in [-0.1, -0.05) is 18.2 Å². The van der Waals surface area contributed by atoms with Gasteiger partial charge in [-0.25, -0.2) is 9.50 Å². The van der Waals surface area contributed by atoms with E-state index in [9.17, 15) is 22.8 Å². The molecule has 8 nitrogen and oxygen atoms in total. The smallest absolute Gasteiger partial charge is 0.339 e. The lowest BCUT2D eigenvalue weighted by atomic mass is 9.61. The number of hydrogen-bond donors (Lipinski definition) is 1. The van der Waals surface area contributed by atoms with Gasteiger partial charge in [0.15, 0.2) is 11.5 Å². The number of nitrogens with zero attached hydrogens (tertiary/aromatic N) is 5. The number of nitrogens with two attached hydrogens (primary N) is 1. The van der Waals surface area contributed by atoms with Gasteiger partial charge in [0, 0.05) is 62.4 Å². The van der Waals surface area contributed by atoms with Crippen molar-refractivity contribution in [3.8, 4) is 0 Å². The highest BCUT2D eigenvalue weighted by Gasteiger charge is 2.44. The molecule has 42 heavy (non-hydrogen) atoms. The van der Waals surface area contributed by atoms with Crippen molar-refractivity contribution in [2.24, 2.45) is 11.1 Å². The number of carbonyl (C=O) groups excluding carboxylic acids is 2. The van der Waals surface area contributed by atoms with E-state index in [1.54, 1.807) is 4.52 Å². The SMILES string of the molecule is NC1CC2(CCN(C(=O)c3ccc(Cc4nc5c(C6=CCN(C(=O)CCC(F)(F)F)CC6)cccn5n4)cc3)CC2)C1. The fourth-order valence-corrected chi connectivity index (χ4v) is 6.60. The van der Waals surface area contributed by atoms with Crippen LogP contribution < -0.4 is 5.73 Å². The van der Waals surface area contributed by atoms with Crippen molar-refractivity contribution < 1.29 is 22.8 Å². The predicted octanol–water partition coefficient (Wildman–Crippen LogP) is 4.62. The molecule has 222 valence electrons. The first-order valence-corrected chi connectivity index (χ1v) is 14.6. The van der Waals surface area contributed by atoms with Gasteiger partial charge in [0.05, 0.1) is 6.42 Å². The number of piperidine rings is 1. The van der Waals surface area contributed by atoms with E-state index in [4.69, 9.17) is 10.7 Å². The van der Waals surface area contributed by atoms with Crippen molar-refractivity contribution in [2.45, 2.75) is 63.6 Å². The van der Waals surface area contributed by atoms with Crippen LogP contribution in [-0.4, -0.2) is 74.6 Å². The van der Waals surface area contributed by atoms with Gasteiger partial charge in [-0.3, -0.25) is 9.59 Å². The quantitative estimate of drug-likeness (QED) is 0.459. The number of amides is 2. The normalized spacial score (nSPS) is 19.2. The Balaban J connectivity index is 1.08. The lowest BCUT2D eigenvalue weighted by Gasteiger charge is -2.51. The van der Waals surface area contributed by atoms with Crippen molar-refractivity contribution >= 4 is 23.0 Å². The molecule has 11 heteroatoms. The molecule has 1 aliphatic carbocycles. The number of halogens is 3. The van der Waals surface area contributed by atoms with Crippen LogP contribution in [0.4, 0.5) is 13.2 Å². The van der Waals surface area contributed by atoms with Gasteiger partial charge < -0.3 is 15.5 Å². The van der Waals surface area contributed by atoms with E-state index in [1.807, 2.05) is 53.6 Å². The number of carbonyl (C=O) groups is 2. The number of likely N-dealkylation sites (tertiary alicyclic amines) is 1. The second-order valence-corrected chi connectivity index (χ2v) is 12.0. The monoisotopic (exact) mass is 580 g/mol. The Morgan fingerprint density at radius 1 is 1.02 bits per heavy atom. The third-order valence-electron chi connectivity index (χ3n) is 9.00. The van der Waals surface area contributed by atoms with Crippen molar-refractivity contribution in [1.82, 2.24) is 24.4 Å². The standard InChI is InChI=1S/C31H35F3N6O2/c32-31(33,34)10-7-27(41)38-14-8-22(9-15-38)25-2-1-13-40-28(25)36-26(37-40)18-21-3-5-23(6-4-21)29(42)39-16-11-30(12-17-39)19-24(35)20-30/h1-6,8,13,24H,7,9-12,14-20,35H2. The Labute approximate surface area is 242 Å². The van der Waals surface area contributed by atoms with Crippen molar-refractivity contribution in [3.63, 3.8) is 0 Å². The molecule has 2 aliphatic heterocycles. The van der Waals surface area contributed by atoms with Gasteiger partial charge >= 0.3 is 6.18 Å². The summed E-state index contributed by atoms with van der Waals surface area (Å²) >= 11 is 0. The average molecular weight is 581 g/mol. The third-order valence-corrected chi connectivity index (χ3v) is 9.00. The molecule has 1 saturated heterocycles. The molecule has 1 saturated carbocycles. The second-order valence-electron chi connectivity index (χ2n) is 12.0. The Kier molecular flexibility index (Phi) is 7.55. The molecule has 1 spiro atoms. The van der Waals surface area contributed by atoms with Crippen LogP contribution >= 0.6 is 0 Å². The van der Waals surface area contributed by atoms with Gasteiger partial charge in [0.2, 0.25) is 5.91 Å². The molecule has 0 atom stereocenters. The van der Waals surface area contributed by atoms with Gasteiger partial charge in [-0.15, -0.1) is 0 Å². The maximum Gasteiger partial charge on any atom is 0.389 e. The minimum Gasteiger partial charge on any atom is -0.339 e. The number of alkyl halides is 3. The topological polar surface area (TPSA) is 96.8 Å². The third kappa shape index (κ3) is 6.06. The van der Waals surface area contributed by atoms with Gasteiger partial charge in [0.1, 0.15) is 0 Å². The molecule has 4 heterocycles. The lowest BCUT2D eigenvalue weighted by Crippen LogP contribution is -2.53. The van der Waals surface area contributed by atoms with Gasteiger partial charge in [-0.2, -0.15) is 18.3 Å². The zero-order chi connectivity index (χ0) is 29.5. The lowest BCUT2D eigenvalue weighted by molar-refractivity contribution is -0.148. The van der Waals surface area contributed by atoms with Crippen LogP contribution in [0.1, 0.15) is 72.3 Å². The van der Waals surface area contributed by atoms with Crippen molar-refractivity contribution in [1.29, 1.82) is 0 Å². The van der Waals surface area contributed by atoms with E-state index in [0.29, 0.717) is 47.9 Å². The first-order valence-electron chi connectivity index (χ1n) is 14.6. The van der Waals surface area contributed by atoms with Crippen LogP contribution in [0.3, 0.4) is 0 Å². The van der Waals surface area contributed by atoms with Crippen LogP contribution in [-0.2, 0) is 11.2 Å². The molecule has 0 radical (unpaired) electrons. The van der Waals surface area contributed by atoms with Crippen LogP contribution in [0.15, 0.2) is 48.7 Å². The van der Waals surface area contributed by atoms with Gasteiger partial charge in [0.25, 0.3) is 5.91 Å². The average Bonchev–Trinajstić information content (AvgIpc) is 3.38. The summed E-state index contributed by atoms with van der Waals surface area (Å²) in [4.78, 5) is 33.5. The largest absolute Gasteiger partial charge is 0.389 e. The van der Waals surface area contributed by atoms with E-state index >= 15 is 0 Å². The summed E-state index contributed by atoms with van der Waals surface area (Å²) in [5.74, 6) is 0.223. The van der Waals surface area contributed by atoms with E-state index in [1.165, 1.54) is 4.90 Å². The highest BCUT2D eigenvalue weighted by molar-refractivity contribution is 5.94. The van der Waals surface area contributed by atoms with E-state index in [-0.39, 0.29) is 12.5 Å². The Morgan fingerprint density at radius 2 is 1.76 bits per heavy atom. The number of hydrogen-bond acceptors (Lipinski definition) is 5. The molecule has 3 aliphatic rings. The molecule has 0 bridgehead atoms. The van der Waals surface area contributed by atoms with E-state index in [2.05, 4.69) is 5.10 Å². The van der Waals surface area contributed by atoms with Crippen LogP contribution in [0.25, 0.3) is 11.2 Å². The predicted molar refractivity (Wildman–Crippen MR) is 151 cm³/mol. The second kappa shape index (κ2) is 11.2. The summed E-state index contributed by atoms with van der Waals surface area (Å²) in [6.07, 6.45) is 2.99. The van der Waals surface area contributed by atoms with Crippen LogP contribution in [0.2, 0.25) is 0 Å². The molecule has 6 rings (SSSR count). The maximum absolute atomic E-state index is 13.1. The summed E-state index contributed by atoms with van der Waals surface area (Å²) in [5, 5.41) is 4.64. The Hall–Kier alpha value is -3.73. The van der Waals surface area contributed by atoms with Crippen LogP contribution in [0.5, 0.6) is 0 Å². The molecule has 2 aromatic heterocycles. The summed E-state index contributed by atoms with van der Waals surface area (Å²) in [5.41, 5.74) is 10.6. The fourth-order valence-electron chi connectivity index (χ4n) is 6.60. The number of rotatable bonds is 6. The molecular weight excluding hydrogens is 545 g/mol. The van der Waals surface area contributed by atoms with Crippen molar-refractivity contribution in [2.75, 3.05) is 26.2 Å². The Bertz CT molecular complexity index is 1500. The van der Waals surface area contributed by atoms with Gasteiger partial charge in [-0.05, 0) is 72.9 Å². The molecular formula is C31H35F3N6O2. The highest BCUT2D eigenvalue weighted by atomic mass is 19.4. The fraction of sp³-hybridized carbons (Fsp3) is 0.484. The minimum absolute atomic E-state index is 0.0666. The zero-order valence-electron chi connectivity index (χ0n) is 23.4. The first kappa shape index (κ1) is 28.4. The first-order chi connectivity index (χ1) is 20.1. The molecule has 0 unspecified atom stereocenters. The summed E-state index contributed by atoms with van der Waals surface area (Å²) in [6, 6.07) is 11.8. The molecule has 3 aromatic rings. The minimum atomic E-state index is -4.34.